The van der Waals surface area contributed by atoms with Crippen molar-refractivity contribution in [1.29, 1.82) is 0 Å². The van der Waals surface area contributed by atoms with Gasteiger partial charge in [0.2, 0.25) is 5.91 Å². The van der Waals surface area contributed by atoms with Crippen LogP contribution < -0.4 is 4.90 Å². The van der Waals surface area contributed by atoms with E-state index in [1.165, 1.54) is 11.8 Å². The summed E-state index contributed by atoms with van der Waals surface area (Å²) in [7, 11) is 0. The van der Waals surface area contributed by atoms with Gasteiger partial charge in [-0.05, 0) is 17.7 Å². The predicted octanol–water partition coefficient (Wildman–Crippen LogP) is 3.74. The van der Waals surface area contributed by atoms with Crippen LogP contribution >= 0.6 is 11.8 Å². The number of nitrogens with one attached hydrogen (secondary N) is 1. The summed E-state index contributed by atoms with van der Waals surface area (Å²) >= 11 is 1.41. The zero-order chi connectivity index (χ0) is 15.9. The molecule has 0 fully saturated rings. The third-order valence-corrected chi connectivity index (χ3v) is 4.25. The van der Waals surface area contributed by atoms with Crippen molar-refractivity contribution in [2.45, 2.75) is 11.7 Å². The second-order valence-corrected chi connectivity index (χ2v) is 5.95. The summed E-state index contributed by atoms with van der Waals surface area (Å²) in [5.41, 5.74) is 2.01. The number of H-pyrrole nitrogens is 1. The van der Waals surface area contributed by atoms with E-state index in [9.17, 15) is 4.79 Å². The van der Waals surface area contributed by atoms with Crippen LogP contribution in [0.15, 0.2) is 78.2 Å². The number of rotatable bonds is 6. The molecule has 23 heavy (non-hydrogen) atoms. The van der Waals surface area contributed by atoms with Gasteiger partial charge in [0, 0.05) is 18.1 Å². The van der Waals surface area contributed by atoms with Crippen LogP contribution in [0.25, 0.3) is 0 Å². The number of thioether (sulfide) groups is 1. The molecule has 0 atom stereocenters. The van der Waals surface area contributed by atoms with E-state index in [0.29, 0.717) is 12.3 Å². The van der Waals surface area contributed by atoms with Crippen LogP contribution in [0.5, 0.6) is 0 Å². The first-order valence-electron chi connectivity index (χ1n) is 7.34. The van der Waals surface area contributed by atoms with Crippen molar-refractivity contribution in [3.05, 3.63) is 78.6 Å². The molecule has 116 valence electrons. The summed E-state index contributed by atoms with van der Waals surface area (Å²) in [4.78, 5) is 21.7. The molecule has 0 spiro atoms. The number of aromatic nitrogens is 2. The monoisotopic (exact) mass is 323 g/mol. The number of carbonyl (C=O) groups excluding carboxylic acids is 1. The summed E-state index contributed by atoms with van der Waals surface area (Å²) in [5, 5.41) is 0.756. The molecule has 0 saturated heterocycles. The fraction of sp³-hybridized carbons (Fsp3) is 0.111. The van der Waals surface area contributed by atoms with Gasteiger partial charge in [-0.15, -0.1) is 0 Å². The summed E-state index contributed by atoms with van der Waals surface area (Å²) in [5.74, 6) is 0.399. The Morgan fingerprint density at radius 3 is 2.39 bits per heavy atom. The largest absolute Gasteiger partial charge is 0.340 e. The van der Waals surface area contributed by atoms with Crippen molar-refractivity contribution in [2.75, 3.05) is 10.7 Å². The molecule has 0 aliphatic heterocycles. The number of benzene rings is 2. The minimum absolute atomic E-state index is 0.0569. The van der Waals surface area contributed by atoms with Crippen molar-refractivity contribution >= 4 is 23.4 Å². The van der Waals surface area contributed by atoms with E-state index in [4.69, 9.17) is 0 Å². The van der Waals surface area contributed by atoms with Crippen LogP contribution in [0, 0.1) is 0 Å². The first-order chi connectivity index (χ1) is 11.3. The number of anilines is 1. The van der Waals surface area contributed by atoms with Crippen molar-refractivity contribution in [1.82, 2.24) is 9.97 Å². The molecular weight excluding hydrogens is 306 g/mol. The second kappa shape index (κ2) is 7.65. The van der Waals surface area contributed by atoms with Gasteiger partial charge in [0.1, 0.15) is 0 Å². The fourth-order valence-corrected chi connectivity index (χ4v) is 2.94. The Morgan fingerprint density at radius 2 is 1.74 bits per heavy atom. The van der Waals surface area contributed by atoms with Crippen molar-refractivity contribution in [3.8, 4) is 0 Å². The van der Waals surface area contributed by atoms with Gasteiger partial charge in [-0.3, -0.25) is 4.79 Å². The summed E-state index contributed by atoms with van der Waals surface area (Å²) in [6.45, 7) is 0.558. The molecule has 1 amide bonds. The second-order valence-electron chi connectivity index (χ2n) is 4.98. The molecular formula is C18H17N3OS. The maximum atomic E-state index is 12.7. The molecule has 4 nitrogen and oxygen atoms in total. The first-order valence-corrected chi connectivity index (χ1v) is 8.33. The number of para-hydroxylation sites is 1. The third kappa shape index (κ3) is 4.23. The van der Waals surface area contributed by atoms with Crippen LogP contribution in [0.4, 0.5) is 5.69 Å². The molecule has 0 radical (unpaired) electrons. The lowest BCUT2D eigenvalue weighted by atomic mass is 10.2. The van der Waals surface area contributed by atoms with Crippen molar-refractivity contribution in [2.24, 2.45) is 0 Å². The van der Waals surface area contributed by atoms with Crippen LogP contribution in [-0.2, 0) is 11.3 Å². The Bertz CT molecular complexity index is 729. The standard InChI is InChI=1S/C18H17N3OS/c22-17(14-23-18-19-11-12-20-18)21(16-9-5-2-6-10-16)13-15-7-3-1-4-8-15/h1-12H,13-14H2,(H,19,20). The smallest absolute Gasteiger partial charge is 0.237 e. The number of nitrogens with zero attached hydrogens (tertiary/aromatic N) is 2. The zero-order valence-electron chi connectivity index (χ0n) is 12.6. The number of hydrogen-bond donors (Lipinski definition) is 1. The van der Waals surface area contributed by atoms with Crippen molar-refractivity contribution < 1.29 is 4.79 Å². The molecule has 0 aliphatic carbocycles. The van der Waals surface area contributed by atoms with E-state index in [1.807, 2.05) is 65.6 Å². The summed E-state index contributed by atoms with van der Waals surface area (Å²) < 4.78 is 0. The molecule has 5 heteroatoms. The van der Waals surface area contributed by atoms with Crippen LogP contribution in [0.3, 0.4) is 0 Å². The van der Waals surface area contributed by atoms with E-state index in [-0.39, 0.29) is 5.91 Å². The highest BCUT2D eigenvalue weighted by atomic mass is 32.2. The highest BCUT2D eigenvalue weighted by Gasteiger charge is 2.16. The number of imidazole rings is 1. The number of hydrogen-bond acceptors (Lipinski definition) is 3. The topological polar surface area (TPSA) is 49.0 Å². The molecule has 3 aromatic rings. The van der Waals surface area contributed by atoms with Gasteiger partial charge in [0.25, 0.3) is 0 Å². The minimum atomic E-state index is 0.0569. The molecule has 2 aromatic carbocycles. The minimum Gasteiger partial charge on any atom is -0.340 e. The zero-order valence-corrected chi connectivity index (χ0v) is 13.4. The van der Waals surface area contributed by atoms with Gasteiger partial charge in [-0.1, -0.05) is 60.3 Å². The maximum Gasteiger partial charge on any atom is 0.237 e. The van der Waals surface area contributed by atoms with E-state index < -0.39 is 0 Å². The summed E-state index contributed by atoms with van der Waals surface area (Å²) in [6, 6.07) is 19.8. The van der Waals surface area contributed by atoms with Gasteiger partial charge in [-0.25, -0.2) is 4.98 Å². The average Bonchev–Trinajstić information content (AvgIpc) is 3.13. The molecule has 0 unspecified atom stereocenters. The van der Waals surface area contributed by atoms with Gasteiger partial charge >= 0.3 is 0 Å². The molecule has 1 aromatic heterocycles. The Kier molecular flexibility index (Phi) is 5.11. The maximum absolute atomic E-state index is 12.7. The van der Waals surface area contributed by atoms with E-state index >= 15 is 0 Å². The Labute approximate surface area is 139 Å². The van der Waals surface area contributed by atoms with Gasteiger partial charge in [-0.2, -0.15) is 0 Å². The number of carbonyl (C=O) groups is 1. The fourth-order valence-electron chi connectivity index (χ4n) is 2.24. The van der Waals surface area contributed by atoms with Crippen LogP contribution in [0.2, 0.25) is 0 Å². The van der Waals surface area contributed by atoms with Crippen LogP contribution in [0.1, 0.15) is 5.56 Å². The normalized spacial score (nSPS) is 10.4. The Balaban J connectivity index is 1.75. The van der Waals surface area contributed by atoms with Gasteiger partial charge in [0.05, 0.1) is 12.3 Å². The van der Waals surface area contributed by atoms with E-state index in [2.05, 4.69) is 9.97 Å². The molecule has 1 N–H and O–H groups in total. The van der Waals surface area contributed by atoms with Gasteiger partial charge < -0.3 is 9.88 Å². The van der Waals surface area contributed by atoms with E-state index in [0.717, 1.165) is 16.4 Å². The lowest BCUT2D eigenvalue weighted by Crippen LogP contribution is -2.31. The predicted molar refractivity (Wildman–Crippen MR) is 93.4 cm³/mol. The number of amides is 1. The molecule has 3 rings (SSSR count). The molecule has 0 saturated carbocycles. The third-order valence-electron chi connectivity index (χ3n) is 3.36. The highest BCUT2D eigenvalue weighted by Crippen LogP contribution is 2.20. The highest BCUT2D eigenvalue weighted by molar-refractivity contribution is 7.99. The Hall–Kier alpha value is -2.53. The summed E-state index contributed by atoms with van der Waals surface area (Å²) in [6.07, 6.45) is 3.44. The average molecular weight is 323 g/mol. The van der Waals surface area contributed by atoms with Crippen LogP contribution in [-0.4, -0.2) is 21.6 Å². The van der Waals surface area contributed by atoms with E-state index in [1.54, 1.807) is 12.4 Å². The Morgan fingerprint density at radius 1 is 1.04 bits per heavy atom. The number of aromatic amines is 1. The molecule has 0 aliphatic rings. The lowest BCUT2D eigenvalue weighted by molar-refractivity contribution is -0.116. The first kappa shape index (κ1) is 15.4. The SMILES string of the molecule is O=C(CSc1ncc[nH]1)N(Cc1ccccc1)c1ccccc1. The molecule has 1 heterocycles. The van der Waals surface area contributed by atoms with Gasteiger partial charge in [0.15, 0.2) is 5.16 Å². The molecule has 0 bridgehead atoms. The van der Waals surface area contributed by atoms with Crippen molar-refractivity contribution in [3.63, 3.8) is 0 Å². The lowest BCUT2D eigenvalue weighted by Gasteiger charge is -2.22. The quantitative estimate of drug-likeness (QED) is 0.703.